The Balaban J connectivity index is 2.03. The van der Waals surface area contributed by atoms with Crippen LogP contribution in [0.1, 0.15) is 6.42 Å². The van der Waals surface area contributed by atoms with Gasteiger partial charge in [0.2, 0.25) is 10.0 Å². The summed E-state index contributed by atoms with van der Waals surface area (Å²) in [6, 6.07) is 0. The molecule has 0 atom stereocenters. The van der Waals surface area contributed by atoms with Crippen molar-refractivity contribution < 1.29 is 8.42 Å². The Bertz CT molecular complexity index is 248. The molecule has 1 heterocycles. The van der Waals surface area contributed by atoms with Crippen LogP contribution in [0.25, 0.3) is 0 Å². The molecule has 6 heteroatoms. The van der Waals surface area contributed by atoms with Gasteiger partial charge in [-0.15, -0.1) is 0 Å². The number of hydrogen-bond donors (Lipinski definition) is 1. The van der Waals surface area contributed by atoms with Crippen LogP contribution in [0.3, 0.4) is 0 Å². The van der Waals surface area contributed by atoms with Gasteiger partial charge in [-0.1, -0.05) is 0 Å². The Morgan fingerprint density at radius 1 is 1.36 bits per heavy atom. The Hall–Kier alpha value is 0.220. The molecule has 0 aromatic rings. The fourth-order valence-corrected chi connectivity index (χ4v) is 2.88. The lowest BCUT2D eigenvalue weighted by Gasteiger charge is -2.25. The van der Waals surface area contributed by atoms with Crippen LogP contribution in [-0.2, 0) is 10.0 Å². The van der Waals surface area contributed by atoms with Crippen LogP contribution in [0.5, 0.6) is 0 Å². The number of nitrogens with zero attached hydrogens (tertiary/aromatic N) is 1. The SMILES string of the molecule is CS(=O)(=O)NCCCN1CCSCC1. The first-order valence-corrected chi connectivity index (χ1v) is 7.87. The van der Waals surface area contributed by atoms with Crippen LogP contribution >= 0.6 is 11.8 Å². The Labute approximate surface area is 90.5 Å². The van der Waals surface area contributed by atoms with E-state index in [2.05, 4.69) is 9.62 Å². The molecule has 1 aliphatic heterocycles. The van der Waals surface area contributed by atoms with Crippen LogP contribution in [0.4, 0.5) is 0 Å². The Morgan fingerprint density at radius 2 is 2.00 bits per heavy atom. The zero-order chi connectivity index (χ0) is 10.4. The van der Waals surface area contributed by atoms with Gasteiger partial charge >= 0.3 is 0 Å². The average molecular weight is 238 g/mol. The van der Waals surface area contributed by atoms with E-state index in [1.54, 1.807) is 0 Å². The minimum absolute atomic E-state index is 0.558. The topological polar surface area (TPSA) is 49.4 Å². The third kappa shape index (κ3) is 5.85. The molecule has 14 heavy (non-hydrogen) atoms. The molecule has 1 N–H and O–H groups in total. The monoisotopic (exact) mass is 238 g/mol. The predicted molar refractivity (Wildman–Crippen MR) is 61.2 cm³/mol. The smallest absolute Gasteiger partial charge is 0.208 e. The van der Waals surface area contributed by atoms with E-state index in [0.717, 1.165) is 26.1 Å². The van der Waals surface area contributed by atoms with Gasteiger partial charge < -0.3 is 4.90 Å². The van der Waals surface area contributed by atoms with Crippen molar-refractivity contribution in [1.82, 2.24) is 9.62 Å². The minimum Gasteiger partial charge on any atom is -0.302 e. The molecule has 1 aliphatic rings. The molecule has 0 aliphatic carbocycles. The molecule has 1 fully saturated rings. The van der Waals surface area contributed by atoms with E-state index in [1.165, 1.54) is 17.8 Å². The van der Waals surface area contributed by atoms with Gasteiger partial charge in [-0.05, 0) is 13.0 Å². The van der Waals surface area contributed by atoms with Gasteiger partial charge in [-0.3, -0.25) is 0 Å². The van der Waals surface area contributed by atoms with E-state index in [-0.39, 0.29) is 0 Å². The molecule has 0 unspecified atom stereocenters. The van der Waals surface area contributed by atoms with E-state index in [9.17, 15) is 8.42 Å². The molecule has 0 saturated carbocycles. The number of nitrogens with one attached hydrogen (secondary N) is 1. The molecule has 1 rings (SSSR count). The molecule has 84 valence electrons. The van der Waals surface area contributed by atoms with Gasteiger partial charge in [0, 0.05) is 31.1 Å². The molecule has 1 saturated heterocycles. The summed E-state index contributed by atoms with van der Waals surface area (Å²) >= 11 is 1.99. The Morgan fingerprint density at radius 3 is 2.57 bits per heavy atom. The summed E-state index contributed by atoms with van der Waals surface area (Å²) < 4.78 is 24.0. The molecule has 0 aromatic carbocycles. The van der Waals surface area contributed by atoms with Crippen molar-refractivity contribution >= 4 is 21.8 Å². The van der Waals surface area contributed by atoms with E-state index in [0.29, 0.717) is 6.54 Å². The standard InChI is InChI=1S/C8H18N2O2S2/c1-14(11,12)9-3-2-4-10-5-7-13-8-6-10/h9H,2-8H2,1H3. The highest BCUT2D eigenvalue weighted by Crippen LogP contribution is 2.08. The molecule has 4 nitrogen and oxygen atoms in total. The van der Waals surface area contributed by atoms with E-state index in [4.69, 9.17) is 0 Å². The predicted octanol–water partition coefficient (Wildman–Crippen LogP) is -0.0255. The zero-order valence-corrected chi connectivity index (χ0v) is 10.2. The van der Waals surface area contributed by atoms with Gasteiger partial charge in [0.25, 0.3) is 0 Å². The highest BCUT2D eigenvalue weighted by Gasteiger charge is 2.09. The molecular weight excluding hydrogens is 220 g/mol. The van der Waals surface area contributed by atoms with Crippen molar-refractivity contribution in [2.75, 3.05) is 43.9 Å². The van der Waals surface area contributed by atoms with Crippen LogP contribution < -0.4 is 4.72 Å². The number of thioether (sulfide) groups is 1. The van der Waals surface area contributed by atoms with Crippen LogP contribution in [-0.4, -0.2) is 57.3 Å². The molecule has 0 bridgehead atoms. The van der Waals surface area contributed by atoms with Gasteiger partial charge in [0.1, 0.15) is 0 Å². The number of hydrogen-bond acceptors (Lipinski definition) is 4. The third-order valence-corrected chi connectivity index (χ3v) is 3.79. The van der Waals surface area contributed by atoms with Gasteiger partial charge in [0.15, 0.2) is 0 Å². The molecule has 0 radical (unpaired) electrons. The second-order valence-corrected chi connectivity index (χ2v) is 6.53. The van der Waals surface area contributed by atoms with Gasteiger partial charge in [-0.25, -0.2) is 13.1 Å². The fraction of sp³-hybridized carbons (Fsp3) is 1.00. The van der Waals surface area contributed by atoms with Crippen LogP contribution in [0.2, 0.25) is 0 Å². The average Bonchev–Trinajstić information content (AvgIpc) is 2.13. The number of sulfonamides is 1. The molecule has 0 spiro atoms. The lowest BCUT2D eigenvalue weighted by Crippen LogP contribution is -2.35. The van der Waals surface area contributed by atoms with Crippen molar-refractivity contribution in [1.29, 1.82) is 0 Å². The first kappa shape index (κ1) is 12.3. The van der Waals surface area contributed by atoms with Gasteiger partial charge in [-0.2, -0.15) is 11.8 Å². The lowest BCUT2D eigenvalue weighted by molar-refractivity contribution is 0.299. The van der Waals surface area contributed by atoms with E-state index in [1.807, 2.05) is 11.8 Å². The van der Waals surface area contributed by atoms with Crippen LogP contribution in [0, 0.1) is 0 Å². The third-order valence-electron chi connectivity index (χ3n) is 2.12. The normalized spacial score (nSPS) is 19.8. The second-order valence-electron chi connectivity index (χ2n) is 3.47. The highest BCUT2D eigenvalue weighted by atomic mass is 32.2. The largest absolute Gasteiger partial charge is 0.302 e. The summed E-state index contributed by atoms with van der Waals surface area (Å²) in [5.41, 5.74) is 0. The maximum absolute atomic E-state index is 10.8. The van der Waals surface area contributed by atoms with Crippen molar-refractivity contribution in [2.24, 2.45) is 0 Å². The van der Waals surface area contributed by atoms with E-state index < -0.39 is 10.0 Å². The maximum atomic E-state index is 10.8. The first-order valence-electron chi connectivity index (χ1n) is 4.83. The Kier molecular flexibility index (Phi) is 5.22. The minimum atomic E-state index is -3.00. The maximum Gasteiger partial charge on any atom is 0.208 e. The summed E-state index contributed by atoms with van der Waals surface area (Å²) in [6.07, 6.45) is 2.10. The van der Waals surface area contributed by atoms with Crippen molar-refractivity contribution in [3.05, 3.63) is 0 Å². The molecular formula is C8H18N2O2S2. The van der Waals surface area contributed by atoms with Gasteiger partial charge in [0.05, 0.1) is 6.26 Å². The number of rotatable bonds is 5. The quantitative estimate of drug-likeness (QED) is 0.684. The van der Waals surface area contributed by atoms with Crippen molar-refractivity contribution in [2.45, 2.75) is 6.42 Å². The summed E-state index contributed by atoms with van der Waals surface area (Å²) in [4.78, 5) is 2.39. The van der Waals surface area contributed by atoms with Crippen molar-refractivity contribution in [3.8, 4) is 0 Å². The van der Waals surface area contributed by atoms with E-state index >= 15 is 0 Å². The molecule has 0 aromatic heterocycles. The fourth-order valence-electron chi connectivity index (χ4n) is 1.38. The summed E-state index contributed by atoms with van der Waals surface area (Å²) in [7, 11) is -3.00. The first-order chi connectivity index (χ1) is 6.58. The summed E-state index contributed by atoms with van der Waals surface area (Å²) in [6.45, 7) is 3.85. The summed E-state index contributed by atoms with van der Waals surface area (Å²) in [5, 5.41) is 0. The second kappa shape index (κ2) is 5.95. The molecule has 0 amide bonds. The van der Waals surface area contributed by atoms with Crippen molar-refractivity contribution in [3.63, 3.8) is 0 Å². The van der Waals surface area contributed by atoms with Crippen LogP contribution in [0.15, 0.2) is 0 Å². The lowest BCUT2D eigenvalue weighted by atomic mass is 10.4. The highest BCUT2D eigenvalue weighted by molar-refractivity contribution is 7.99. The summed E-state index contributed by atoms with van der Waals surface area (Å²) in [5.74, 6) is 2.42. The zero-order valence-electron chi connectivity index (χ0n) is 8.53.